The van der Waals surface area contributed by atoms with Gasteiger partial charge in [0.15, 0.2) is 5.78 Å². The van der Waals surface area contributed by atoms with Crippen molar-refractivity contribution in [1.29, 1.82) is 0 Å². The lowest BCUT2D eigenvalue weighted by Crippen LogP contribution is -2.46. The average Bonchev–Trinajstić information content (AvgIpc) is 3.26. The summed E-state index contributed by atoms with van der Waals surface area (Å²) in [6.45, 7) is 2.62. The standard InChI is InChI=1S/C19H21NO4/c21-14-11-19(24-15-4-2-1-3-12(14)15)6-5-13-16(17(13)19)18(22)20-7-9-23-10-8-20/h1-4,13,16-17H,5-11H2/t13-,16+,17+,19+/m1/s1. The maximum atomic E-state index is 12.9. The topological polar surface area (TPSA) is 55.8 Å². The van der Waals surface area contributed by atoms with Gasteiger partial charge in [-0.05, 0) is 30.9 Å². The molecule has 4 atom stereocenters. The lowest BCUT2D eigenvalue weighted by Gasteiger charge is -2.37. The number of hydrogen-bond donors (Lipinski definition) is 0. The molecule has 5 nitrogen and oxygen atoms in total. The number of Topliss-reactive ketones (excluding diaryl/α,β-unsaturated/α-hetero) is 1. The van der Waals surface area contributed by atoms with E-state index in [0.717, 1.165) is 12.8 Å². The van der Waals surface area contributed by atoms with Crippen molar-refractivity contribution in [2.45, 2.75) is 24.9 Å². The fraction of sp³-hybridized carbons (Fsp3) is 0.579. The molecule has 2 heterocycles. The first-order valence-corrected chi connectivity index (χ1v) is 8.87. The normalized spacial score (nSPS) is 36.9. The van der Waals surface area contributed by atoms with Crippen LogP contribution >= 0.6 is 0 Å². The second-order valence-electron chi connectivity index (χ2n) is 7.45. The molecule has 24 heavy (non-hydrogen) atoms. The molecule has 2 saturated carbocycles. The van der Waals surface area contributed by atoms with Gasteiger partial charge in [0.1, 0.15) is 11.4 Å². The molecule has 5 rings (SSSR count). The van der Waals surface area contributed by atoms with Gasteiger partial charge >= 0.3 is 0 Å². The van der Waals surface area contributed by atoms with Crippen LogP contribution < -0.4 is 4.74 Å². The van der Waals surface area contributed by atoms with Crippen LogP contribution in [0.4, 0.5) is 0 Å². The first-order valence-electron chi connectivity index (χ1n) is 8.87. The minimum absolute atomic E-state index is 0.0370. The van der Waals surface area contributed by atoms with E-state index in [1.807, 2.05) is 29.2 Å². The molecule has 0 unspecified atom stereocenters. The number of para-hydroxylation sites is 1. The third-order valence-electron chi connectivity index (χ3n) is 6.25. The molecule has 2 aliphatic heterocycles. The highest BCUT2D eigenvalue weighted by Crippen LogP contribution is 2.66. The Balaban J connectivity index is 1.39. The van der Waals surface area contributed by atoms with Crippen LogP contribution in [0, 0.1) is 17.8 Å². The number of nitrogens with zero attached hydrogens (tertiary/aromatic N) is 1. The fourth-order valence-electron chi connectivity index (χ4n) is 5.09. The zero-order valence-electron chi connectivity index (χ0n) is 13.6. The van der Waals surface area contributed by atoms with Gasteiger partial charge in [-0.1, -0.05) is 12.1 Å². The summed E-state index contributed by atoms with van der Waals surface area (Å²) in [6.07, 6.45) is 2.29. The maximum Gasteiger partial charge on any atom is 0.226 e. The van der Waals surface area contributed by atoms with Crippen molar-refractivity contribution in [3.63, 3.8) is 0 Å². The highest BCUT2D eigenvalue weighted by molar-refractivity contribution is 6.00. The predicted octanol–water partition coefficient (Wildman–Crippen LogP) is 1.91. The highest BCUT2D eigenvalue weighted by atomic mass is 16.5. The summed E-state index contributed by atoms with van der Waals surface area (Å²) in [5.41, 5.74) is 0.228. The molecule has 1 aromatic carbocycles. The van der Waals surface area contributed by atoms with E-state index >= 15 is 0 Å². The van der Waals surface area contributed by atoms with Gasteiger partial charge in [0, 0.05) is 24.9 Å². The van der Waals surface area contributed by atoms with Crippen molar-refractivity contribution < 1.29 is 19.1 Å². The summed E-state index contributed by atoms with van der Waals surface area (Å²) in [5.74, 6) is 1.71. The van der Waals surface area contributed by atoms with Crippen LogP contribution in [0.3, 0.4) is 0 Å². The van der Waals surface area contributed by atoms with Crippen LogP contribution in [-0.2, 0) is 9.53 Å². The Hall–Kier alpha value is -1.88. The van der Waals surface area contributed by atoms with Crippen LogP contribution in [0.1, 0.15) is 29.6 Å². The summed E-state index contributed by atoms with van der Waals surface area (Å²) < 4.78 is 11.7. The molecule has 1 saturated heterocycles. The van der Waals surface area contributed by atoms with E-state index in [9.17, 15) is 9.59 Å². The summed E-state index contributed by atoms with van der Waals surface area (Å²) in [5, 5.41) is 0. The van der Waals surface area contributed by atoms with Crippen LogP contribution in [0.15, 0.2) is 24.3 Å². The SMILES string of the molecule is O=C1C[C@]2(CC[C@@H]3[C@H](C(=O)N4CCOCC4)[C@H]32)Oc2ccccc21. The lowest BCUT2D eigenvalue weighted by molar-refractivity contribution is -0.138. The molecule has 1 aromatic rings. The molecule has 4 aliphatic rings. The van der Waals surface area contributed by atoms with Crippen molar-refractivity contribution in [1.82, 2.24) is 4.90 Å². The maximum absolute atomic E-state index is 12.9. The number of ether oxygens (including phenoxy) is 2. The molecular formula is C19H21NO4. The molecule has 2 aliphatic carbocycles. The second-order valence-corrected chi connectivity index (χ2v) is 7.45. The van der Waals surface area contributed by atoms with E-state index in [-0.39, 0.29) is 23.5 Å². The van der Waals surface area contributed by atoms with Crippen LogP contribution in [-0.4, -0.2) is 48.5 Å². The molecule has 0 N–H and O–H groups in total. The number of hydrogen-bond acceptors (Lipinski definition) is 4. The number of carbonyl (C=O) groups excluding carboxylic acids is 2. The first kappa shape index (κ1) is 14.5. The van der Waals surface area contributed by atoms with Gasteiger partial charge in [0.05, 0.1) is 25.2 Å². The monoisotopic (exact) mass is 327 g/mol. The number of fused-ring (bicyclic) bond motifs is 3. The second kappa shape index (κ2) is 5.06. The largest absolute Gasteiger partial charge is 0.486 e. The number of carbonyl (C=O) groups is 2. The van der Waals surface area contributed by atoms with Crippen LogP contribution in [0.5, 0.6) is 5.75 Å². The number of rotatable bonds is 1. The number of ketones is 1. The third kappa shape index (κ3) is 1.97. The van der Waals surface area contributed by atoms with E-state index < -0.39 is 5.60 Å². The molecular weight excluding hydrogens is 306 g/mol. The van der Waals surface area contributed by atoms with E-state index in [1.165, 1.54) is 0 Å². The van der Waals surface area contributed by atoms with Crippen LogP contribution in [0.2, 0.25) is 0 Å². The Kier molecular flexibility index (Phi) is 3.05. The van der Waals surface area contributed by atoms with Gasteiger partial charge in [-0.15, -0.1) is 0 Å². The zero-order valence-corrected chi connectivity index (χ0v) is 13.6. The van der Waals surface area contributed by atoms with Gasteiger partial charge in [-0.3, -0.25) is 9.59 Å². The predicted molar refractivity (Wildman–Crippen MR) is 85.9 cm³/mol. The average molecular weight is 327 g/mol. The smallest absolute Gasteiger partial charge is 0.226 e. The first-order chi connectivity index (χ1) is 11.7. The Labute approximate surface area is 140 Å². The summed E-state index contributed by atoms with van der Waals surface area (Å²) >= 11 is 0. The zero-order chi connectivity index (χ0) is 16.3. The number of benzene rings is 1. The summed E-state index contributed by atoms with van der Waals surface area (Å²) in [6, 6.07) is 7.49. The molecule has 1 amide bonds. The van der Waals surface area contributed by atoms with Gasteiger partial charge in [-0.2, -0.15) is 0 Å². The Bertz CT molecular complexity index is 711. The van der Waals surface area contributed by atoms with E-state index in [1.54, 1.807) is 0 Å². The molecule has 5 heteroatoms. The quantitative estimate of drug-likeness (QED) is 0.791. The number of amides is 1. The minimum Gasteiger partial charge on any atom is -0.486 e. The highest BCUT2D eigenvalue weighted by Gasteiger charge is 2.71. The van der Waals surface area contributed by atoms with E-state index in [4.69, 9.17) is 9.47 Å². The van der Waals surface area contributed by atoms with Crippen molar-refractivity contribution in [3.8, 4) is 5.75 Å². The molecule has 0 bridgehead atoms. The molecule has 3 fully saturated rings. The third-order valence-corrected chi connectivity index (χ3v) is 6.25. The van der Waals surface area contributed by atoms with Crippen molar-refractivity contribution in [2.75, 3.05) is 26.3 Å². The Morgan fingerprint density at radius 1 is 1.21 bits per heavy atom. The summed E-state index contributed by atoms with van der Waals surface area (Å²) in [7, 11) is 0. The van der Waals surface area contributed by atoms with E-state index in [2.05, 4.69) is 0 Å². The van der Waals surface area contributed by atoms with E-state index in [0.29, 0.717) is 50.0 Å². The molecule has 1 spiro atoms. The van der Waals surface area contributed by atoms with Gasteiger partial charge < -0.3 is 14.4 Å². The molecule has 0 radical (unpaired) electrons. The lowest BCUT2D eigenvalue weighted by atomic mass is 9.84. The van der Waals surface area contributed by atoms with Crippen molar-refractivity contribution >= 4 is 11.7 Å². The van der Waals surface area contributed by atoms with Crippen molar-refractivity contribution in [2.24, 2.45) is 17.8 Å². The van der Waals surface area contributed by atoms with Crippen molar-refractivity contribution in [3.05, 3.63) is 29.8 Å². The van der Waals surface area contributed by atoms with Gasteiger partial charge in [-0.25, -0.2) is 0 Å². The summed E-state index contributed by atoms with van der Waals surface area (Å²) in [4.78, 5) is 27.4. The van der Waals surface area contributed by atoms with Gasteiger partial charge in [0.2, 0.25) is 5.91 Å². The van der Waals surface area contributed by atoms with Crippen LogP contribution in [0.25, 0.3) is 0 Å². The Morgan fingerprint density at radius 3 is 2.83 bits per heavy atom. The fourth-order valence-corrected chi connectivity index (χ4v) is 5.09. The van der Waals surface area contributed by atoms with Gasteiger partial charge in [0.25, 0.3) is 0 Å². The Morgan fingerprint density at radius 2 is 2.00 bits per heavy atom. The molecule has 126 valence electrons. The minimum atomic E-state index is -0.456. The molecule has 0 aromatic heterocycles. The number of morpholine rings is 1.